The molecule has 2 nitrogen and oxygen atoms in total. The van der Waals surface area contributed by atoms with Crippen LogP contribution in [0.5, 0.6) is 0 Å². The van der Waals surface area contributed by atoms with Crippen LogP contribution < -0.4 is 0 Å². The zero-order valence-electron chi connectivity index (χ0n) is 3.86. The number of rotatable bonds is 3. The predicted octanol–water partition coefficient (Wildman–Crippen LogP) is 0.830. The van der Waals surface area contributed by atoms with E-state index in [1.54, 1.807) is 0 Å². The fourth-order valence-corrected chi connectivity index (χ4v) is 0.118. The Morgan fingerprint density at radius 2 is 2.29 bits per heavy atom. The van der Waals surface area contributed by atoms with Crippen molar-refractivity contribution in [1.29, 1.82) is 0 Å². The molecule has 0 fully saturated rings. The van der Waals surface area contributed by atoms with Gasteiger partial charge in [0.05, 0.1) is 0 Å². The van der Waals surface area contributed by atoms with Gasteiger partial charge in [0.1, 0.15) is 0 Å². The van der Waals surface area contributed by atoms with Crippen LogP contribution in [-0.2, 0) is 9.47 Å². The molecule has 0 bridgehead atoms. The Labute approximate surface area is 40.0 Å². The maximum absolute atomic E-state index is 11.4. The minimum absolute atomic E-state index is 1.08. The van der Waals surface area contributed by atoms with Crippen LogP contribution >= 0.6 is 0 Å². The number of halogens is 2. The molecule has 44 valence electrons. The fourth-order valence-electron chi connectivity index (χ4n) is 0.118. The highest BCUT2D eigenvalue weighted by atomic mass is 19.2. The molecular formula is C3H6F2O2. The van der Waals surface area contributed by atoms with Crippen molar-refractivity contribution in [3.8, 4) is 0 Å². The van der Waals surface area contributed by atoms with Crippen LogP contribution in [0.15, 0.2) is 0 Å². The molecule has 0 aliphatic rings. The van der Waals surface area contributed by atoms with E-state index in [0.717, 1.165) is 7.11 Å². The average molecular weight is 112 g/mol. The van der Waals surface area contributed by atoms with Crippen molar-refractivity contribution in [2.45, 2.75) is 6.54 Å². The van der Waals surface area contributed by atoms with Crippen LogP contribution in [0.2, 0.25) is 0 Å². The summed E-state index contributed by atoms with van der Waals surface area (Å²) in [5.41, 5.74) is 0. The summed E-state index contributed by atoms with van der Waals surface area (Å²) in [5.74, 6) is 0. The first-order valence-corrected chi connectivity index (χ1v) is 1.65. The van der Waals surface area contributed by atoms with Crippen molar-refractivity contribution in [2.24, 2.45) is 0 Å². The van der Waals surface area contributed by atoms with E-state index in [4.69, 9.17) is 0 Å². The molecule has 0 aromatic heterocycles. The van der Waals surface area contributed by atoms with Crippen LogP contribution in [0.4, 0.5) is 8.78 Å². The van der Waals surface area contributed by atoms with Crippen molar-refractivity contribution < 1.29 is 18.3 Å². The van der Waals surface area contributed by atoms with Gasteiger partial charge in [-0.25, -0.2) is 4.39 Å². The monoisotopic (exact) mass is 112 g/mol. The van der Waals surface area contributed by atoms with Crippen molar-refractivity contribution in [2.75, 3.05) is 14.0 Å². The molecule has 0 amide bonds. The number of hydrogen-bond donors (Lipinski definition) is 0. The van der Waals surface area contributed by atoms with Gasteiger partial charge in [0, 0.05) is 7.11 Å². The summed E-state index contributed by atoms with van der Waals surface area (Å²) in [6.45, 7) is -3.08. The minimum atomic E-state index is -1.93. The van der Waals surface area contributed by atoms with Gasteiger partial charge in [-0.3, -0.25) is 4.74 Å². The van der Waals surface area contributed by atoms with E-state index in [0.29, 0.717) is 0 Å². The first-order chi connectivity index (χ1) is 3.31. The van der Waals surface area contributed by atoms with Gasteiger partial charge in [0.15, 0.2) is 6.86 Å². The molecular weight excluding hydrogens is 106 g/mol. The summed E-state index contributed by atoms with van der Waals surface area (Å²) in [7, 11) is 1.08. The van der Waals surface area contributed by atoms with E-state index < -0.39 is 13.4 Å². The number of alkyl halides is 2. The lowest BCUT2D eigenvalue weighted by atomic mass is 11.3. The Kier molecular flexibility index (Phi) is 3.83. The second-order valence-electron chi connectivity index (χ2n) is 0.786. The molecule has 0 N–H and O–H groups in total. The highest BCUT2D eigenvalue weighted by molar-refractivity contribution is 4.05. The van der Waals surface area contributed by atoms with Gasteiger partial charge in [-0.05, 0) is 0 Å². The first kappa shape index (κ1) is 6.78. The summed E-state index contributed by atoms with van der Waals surface area (Å²) in [6.07, 6.45) is 0. The average Bonchev–Trinajstić information content (AvgIpc) is 1.68. The van der Waals surface area contributed by atoms with Crippen molar-refractivity contribution in [1.82, 2.24) is 0 Å². The van der Waals surface area contributed by atoms with Gasteiger partial charge in [-0.15, -0.1) is 0 Å². The Morgan fingerprint density at radius 3 is 2.43 bits per heavy atom. The largest absolute Gasteiger partial charge is 0.330 e. The van der Waals surface area contributed by atoms with Crippen LogP contribution in [0.25, 0.3) is 0 Å². The van der Waals surface area contributed by atoms with E-state index in [2.05, 4.69) is 9.47 Å². The van der Waals surface area contributed by atoms with Gasteiger partial charge in [0.25, 0.3) is 0 Å². The molecule has 0 aromatic carbocycles. The SMILES string of the molecule is COC(F)OCF. The molecule has 0 aliphatic carbocycles. The molecule has 0 saturated carbocycles. The molecule has 1 unspecified atom stereocenters. The molecule has 7 heavy (non-hydrogen) atoms. The van der Waals surface area contributed by atoms with Gasteiger partial charge in [0.2, 0.25) is 0 Å². The van der Waals surface area contributed by atoms with Gasteiger partial charge < -0.3 is 4.74 Å². The molecule has 1 atom stereocenters. The Balaban J connectivity index is 2.83. The van der Waals surface area contributed by atoms with E-state index >= 15 is 0 Å². The summed E-state index contributed by atoms with van der Waals surface area (Å²) >= 11 is 0. The number of ether oxygens (including phenoxy) is 2. The second-order valence-corrected chi connectivity index (χ2v) is 0.786. The predicted molar refractivity (Wildman–Crippen MR) is 19.0 cm³/mol. The van der Waals surface area contributed by atoms with Crippen molar-refractivity contribution in [3.63, 3.8) is 0 Å². The van der Waals surface area contributed by atoms with Gasteiger partial charge in [-0.1, -0.05) is 0 Å². The lowest BCUT2D eigenvalue weighted by Gasteiger charge is -2.00. The van der Waals surface area contributed by atoms with Crippen molar-refractivity contribution in [3.05, 3.63) is 0 Å². The number of methoxy groups -OCH3 is 1. The standard InChI is InChI=1S/C3H6F2O2/c1-6-3(5)7-2-4/h3H,2H2,1H3. The lowest BCUT2D eigenvalue weighted by molar-refractivity contribution is -0.220. The molecule has 0 saturated heterocycles. The normalized spacial score (nSPS) is 14.1. The Morgan fingerprint density at radius 1 is 1.71 bits per heavy atom. The summed E-state index contributed by atoms with van der Waals surface area (Å²) < 4.78 is 29.8. The summed E-state index contributed by atoms with van der Waals surface area (Å²) in [4.78, 5) is 0. The van der Waals surface area contributed by atoms with Crippen molar-refractivity contribution >= 4 is 0 Å². The minimum Gasteiger partial charge on any atom is -0.330 e. The van der Waals surface area contributed by atoms with E-state index in [9.17, 15) is 8.78 Å². The van der Waals surface area contributed by atoms with E-state index in [1.807, 2.05) is 0 Å². The van der Waals surface area contributed by atoms with Gasteiger partial charge >= 0.3 is 6.54 Å². The smallest absolute Gasteiger partial charge is 0.311 e. The summed E-state index contributed by atoms with van der Waals surface area (Å²) in [6, 6.07) is 0. The number of hydrogen-bond acceptors (Lipinski definition) is 2. The summed E-state index contributed by atoms with van der Waals surface area (Å²) in [5, 5.41) is 0. The highest BCUT2D eigenvalue weighted by Gasteiger charge is 1.99. The topological polar surface area (TPSA) is 18.5 Å². The fraction of sp³-hybridized carbons (Fsp3) is 1.00. The maximum atomic E-state index is 11.4. The van der Waals surface area contributed by atoms with Crippen LogP contribution in [0.1, 0.15) is 0 Å². The third-order valence-corrected chi connectivity index (χ3v) is 0.379. The third kappa shape index (κ3) is 3.61. The van der Waals surface area contributed by atoms with Crippen LogP contribution in [0, 0.1) is 0 Å². The molecule has 4 heteroatoms. The molecule has 0 radical (unpaired) electrons. The van der Waals surface area contributed by atoms with E-state index in [-0.39, 0.29) is 0 Å². The van der Waals surface area contributed by atoms with E-state index in [1.165, 1.54) is 0 Å². The zero-order valence-corrected chi connectivity index (χ0v) is 3.86. The maximum Gasteiger partial charge on any atom is 0.311 e. The molecule has 0 aromatic rings. The molecule has 0 rings (SSSR count). The highest BCUT2D eigenvalue weighted by Crippen LogP contribution is 1.91. The first-order valence-electron chi connectivity index (χ1n) is 1.65. The molecule has 0 spiro atoms. The second kappa shape index (κ2) is 3.95. The van der Waals surface area contributed by atoms with Crippen LogP contribution in [-0.4, -0.2) is 20.5 Å². The lowest BCUT2D eigenvalue weighted by Crippen LogP contribution is -2.06. The van der Waals surface area contributed by atoms with Gasteiger partial charge in [-0.2, -0.15) is 4.39 Å². The third-order valence-electron chi connectivity index (χ3n) is 0.379. The molecule has 0 heterocycles. The Hall–Kier alpha value is -0.220. The zero-order chi connectivity index (χ0) is 5.70. The molecule has 0 aliphatic heterocycles. The quantitative estimate of drug-likeness (QED) is 0.503. The van der Waals surface area contributed by atoms with Crippen LogP contribution in [0.3, 0.4) is 0 Å². The Bertz CT molecular complexity index is 41.9.